The summed E-state index contributed by atoms with van der Waals surface area (Å²) in [5.41, 5.74) is -0.179. The van der Waals surface area contributed by atoms with Gasteiger partial charge in [-0.05, 0) is 24.7 Å². The van der Waals surface area contributed by atoms with Crippen LogP contribution < -0.4 is 5.32 Å². The molecule has 0 rings (SSSR count). The van der Waals surface area contributed by atoms with E-state index in [2.05, 4.69) is 19.2 Å². The summed E-state index contributed by atoms with van der Waals surface area (Å²) >= 11 is 0. The van der Waals surface area contributed by atoms with E-state index in [-0.39, 0.29) is 11.8 Å². The van der Waals surface area contributed by atoms with E-state index in [1.807, 2.05) is 13.8 Å². The summed E-state index contributed by atoms with van der Waals surface area (Å²) in [6.07, 6.45) is 4.20. The van der Waals surface area contributed by atoms with Gasteiger partial charge in [0, 0.05) is 33.9 Å². The van der Waals surface area contributed by atoms with Crippen molar-refractivity contribution in [2.75, 3.05) is 41.1 Å². The zero-order valence-electron chi connectivity index (χ0n) is 20.0. The zero-order chi connectivity index (χ0) is 23.0. The van der Waals surface area contributed by atoms with Crippen LogP contribution in [0.1, 0.15) is 66.2 Å². The van der Waals surface area contributed by atoms with Gasteiger partial charge in [-0.15, -0.1) is 0 Å². The molecular weight excluding hydrogens is 406 g/mol. The maximum Gasteiger partial charge on any atom is 0.500 e. The number of nitrogens with one attached hydrogen (secondary N) is 1. The predicted molar refractivity (Wildman–Crippen MR) is 118 cm³/mol. The van der Waals surface area contributed by atoms with Crippen LogP contribution in [0.3, 0.4) is 0 Å². The fourth-order valence-electron chi connectivity index (χ4n) is 2.75. The molecule has 8 nitrogen and oxygen atoms in total. The van der Waals surface area contributed by atoms with Crippen LogP contribution in [0.25, 0.3) is 0 Å². The minimum absolute atomic E-state index is 0.0440. The van der Waals surface area contributed by atoms with Gasteiger partial charge in [0.2, 0.25) is 0 Å². The van der Waals surface area contributed by atoms with Crippen LogP contribution in [0.15, 0.2) is 0 Å². The minimum atomic E-state index is -2.67. The molecule has 0 aromatic carbocycles. The Morgan fingerprint density at radius 2 is 1.47 bits per heavy atom. The average molecular weight is 450 g/mol. The number of hydrogen-bond acceptors (Lipinski definition) is 8. The van der Waals surface area contributed by atoms with Crippen molar-refractivity contribution in [3.63, 3.8) is 0 Å². The SMILES string of the molecule is CCCCOC(=O)C[C@H](NCC(C)(C)CC[Si](OC)(OC)OC)C(=O)OCCCC. The number of unbranched alkanes of at least 4 members (excludes halogenated alkanes) is 2. The Balaban J connectivity index is 4.89. The van der Waals surface area contributed by atoms with Crippen LogP contribution in [0.5, 0.6) is 0 Å². The maximum absolute atomic E-state index is 12.5. The highest BCUT2D eigenvalue weighted by atomic mass is 28.4. The van der Waals surface area contributed by atoms with E-state index in [0.717, 1.165) is 32.1 Å². The van der Waals surface area contributed by atoms with E-state index in [1.165, 1.54) is 0 Å². The summed E-state index contributed by atoms with van der Waals surface area (Å²) in [6.45, 7) is 9.46. The monoisotopic (exact) mass is 449 g/mol. The molecule has 0 saturated carbocycles. The molecule has 0 spiro atoms. The van der Waals surface area contributed by atoms with Crippen LogP contribution >= 0.6 is 0 Å². The number of ether oxygens (including phenoxy) is 2. The van der Waals surface area contributed by atoms with Gasteiger partial charge in [0.1, 0.15) is 6.04 Å². The zero-order valence-corrected chi connectivity index (χ0v) is 21.0. The highest BCUT2D eigenvalue weighted by Gasteiger charge is 2.39. The first-order valence-corrected chi connectivity index (χ1v) is 12.8. The van der Waals surface area contributed by atoms with Gasteiger partial charge >= 0.3 is 20.7 Å². The summed E-state index contributed by atoms with van der Waals surface area (Å²) in [5.74, 6) is -0.808. The normalized spacial score (nSPS) is 13.2. The van der Waals surface area contributed by atoms with E-state index < -0.39 is 26.8 Å². The quantitative estimate of drug-likeness (QED) is 0.194. The lowest BCUT2D eigenvalue weighted by Crippen LogP contribution is -2.46. The van der Waals surface area contributed by atoms with Gasteiger partial charge < -0.3 is 28.1 Å². The largest absolute Gasteiger partial charge is 0.500 e. The van der Waals surface area contributed by atoms with Crippen LogP contribution in [-0.4, -0.2) is 67.9 Å². The standard InChI is InChI=1S/C21H43NO7Si/c1-8-10-13-28-19(23)16-18(20(24)29-14-11-9-2)22-17-21(3,4)12-15-30(25-5,26-6)27-7/h18,22H,8-17H2,1-7H3/t18-/m0/s1. The van der Waals surface area contributed by atoms with Crippen molar-refractivity contribution in [3.05, 3.63) is 0 Å². The minimum Gasteiger partial charge on any atom is -0.466 e. The second-order valence-electron chi connectivity index (χ2n) is 8.19. The lowest BCUT2D eigenvalue weighted by Gasteiger charge is -2.31. The first-order valence-electron chi connectivity index (χ1n) is 10.9. The molecule has 0 fully saturated rings. The Morgan fingerprint density at radius 1 is 0.933 bits per heavy atom. The summed E-state index contributed by atoms with van der Waals surface area (Å²) < 4.78 is 27.0. The maximum atomic E-state index is 12.5. The van der Waals surface area contributed by atoms with Crippen LogP contribution in [0, 0.1) is 5.41 Å². The Morgan fingerprint density at radius 3 is 1.97 bits per heavy atom. The molecule has 0 amide bonds. The van der Waals surface area contributed by atoms with E-state index in [9.17, 15) is 9.59 Å². The first kappa shape index (κ1) is 29.0. The molecule has 1 N–H and O–H groups in total. The van der Waals surface area contributed by atoms with Crippen LogP contribution in [-0.2, 0) is 32.3 Å². The third-order valence-electron chi connectivity index (χ3n) is 5.03. The highest BCUT2D eigenvalue weighted by molar-refractivity contribution is 6.60. The van der Waals surface area contributed by atoms with Gasteiger partial charge in [0.05, 0.1) is 19.6 Å². The smallest absolute Gasteiger partial charge is 0.466 e. The third kappa shape index (κ3) is 12.0. The Bertz CT molecular complexity index is 476. The van der Waals surface area contributed by atoms with E-state index >= 15 is 0 Å². The van der Waals surface area contributed by atoms with Crippen molar-refractivity contribution in [2.24, 2.45) is 5.41 Å². The fourth-order valence-corrected chi connectivity index (χ4v) is 4.84. The van der Waals surface area contributed by atoms with Crippen molar-refractivity contribution in [2.45, 2.75) is 78.3 Å². The molecule has 0 heterocycles. The molecule has 30 heavy (non-hydrogen) atoms. The molecule has 0 aliphatic carbocycles. The van der Waals surface area contributed by atoms with E-state index in [0.29, 0.717) is 25.8 Å². The second kappa shape index (κ2) is 15.7. The van der Waals surface area contributed by atoms with Crippen molar-refractivity contribution < 1.29 is 32.3 Å². The Kier molecular flexibility index (Phi) is 15.2. The molecular formula is C21H43NO7Si. The lowest BCUT2D eigenvalue weighted by atomic mass is 9.90. The molecule has 0 radical (unpaired) electrons. The van der Waals surface area contributed by atoms with Crippen molar-refractivity contribution in [1.82, 2.24) is 5.32 Å². The Labute approximate surface area is 183 Å². The number of rotatable bonds is 18. The molecule has 0 bridgehead atoms. The molecule has 0 aliphatic heterocycles. The summed E-state index contributed by atoms with van der Waals surface area (Å²) in [4.78, 5) is 24.7. The summed E-state index contributed by atoms with van der Waals surface area (Å²) in [5, 5.41) is 3.22. The van der Waals surface area contributed by atoms with E-state index in [1.54, 1.807) is 21.3 Å². The van der Waals surface area contributed by atoms with Gasteiger partial charge in [-0.3, -0.25) is 9.59 Å². The summed E-state index contributed by atoms with van der Waals surface area (Å²) in [7, 11) is 2.12. The number of carbonyl (C=O) groups is 2. The van der Waals surface area contributed by atoms with Crippen molar-refractivity contribution in [3.8, 4) is 0 Å². The molecule has 0 unspecified atom stereocenters. The fraction of sp³-hybridized carbons (Fsp3) is 0.905. The molecule has 9 heteroatoms. The van der Waals surface area contributed by atoms with Gasteiger partial charge in [-0.1, -0.05) is 40.5 Å². The van der Waals surface area contributed by atoms with Gasteiger partial charge in [0.25, 0.3) is 0 Å². The lowest BCUT2D eigenvalue weighted by molar-refractivity contribution is -0.153. The summed E-state index contributed by atoms with van der Waals surface area (Å²) in [6, 6.07) is -0.0832. The molecule has 0 saturated heterocycles. The van der Waals surface area contributed by atoms with Crippen LogP contribution in [0.2, 0.25) is 6.04 Å². The van der Waals surface area contributed by atoms with Crippen molar-refractivity contribution in [1.29, 1.82) is 0 Å². The number of hydrogen-bond donors (Lipinski definition) is 1. The van der Waals surface area contributed by atoms with Gasteiger partial charge in [-0.2, -0.15) is 0 Å². The first-order chi connectivity index (χ1) is 14.2. The predicted octanol–water partition coefficient (Wildman–Crippen LogP) is 3.32. The second-order valence-corrected chi connectivity index (χ2v) is 11.3. The topological polar surface area (TPSA) is 92.3 Å². The number of carbonyl (C=O) groups excluding carboxylic acids is 2. The van der Waals surface area contributed by atoms with Crippen molar-refractivity contribution >= 4 is 20.7 Å². The van der Waals surface area contributed by atoms with Gasteiger partial charge in [-0.25, -0.2) is 0 Å². The Hall–Kier alpha value is -1.00. The molecule has 0 aromatic heterocycles. The molecule has 178 valence electrons. The highest BCUT2D eigenvalue weighted by Crippen LogP contribution is 2.27. The molecule has 0 aliphatic rings. The van der Waals surface area contributed by atoms with Crippen LogP contribution in [0.4, 0.5) is 0 Å². The average Bonchev–Trinajstić information content (AvgIpc) is 2.73. The third-order valence-corrected chi connectivity index (χ3v) is 7.75. The molecule has 0 aromatic rings. The molecule has 1 atom stereocenters. The van der Waals surface area contributed by atoms with E-state index in [4.69, 9.17) is 22.8 Å². The van der Waals surface area contributed by atoms with Gasteiger partial charge in [0.15, 0.2) is 0 Å². The number of esters is 2.